The fourth-order valence-electron chi connectivity index (χ4n) is 2.82. The minimum atomic E-state index is -0.391. The molecule has 2 atom stereocenters. The molecule has 2 heterocycles. The van der Waals surface area contributed by atoms with Crippen LogP contribution in [0, 0.1) is 10.1 Å². The van der Waals surface area contributed by atoms with E-state index in [1.165, 1.54) is 12.1 Å². The summed E-state index contributed by atoms with van der Waals surface area (Å²) in [6, 6.07) is 8.59. The fraction of sp³-hybridized carbons (Fsp3) is 0.412. The number of nitro benzene ring substituents is 1. The van der Waals surface area contributed by atoms with Crippen LogP contribution in [0.3, 0.4) is 0 Å². The third-order valence-corrected chi connectivity index (χ3v) is 4.90. The highest BCUT2D eigenvalue weighted by Crippen LogP contribution is 2.25. The number of hydrogen-bond donors (Lipinski definition) is 0. The summed E-state index contributed by atoms with van der Waals surface area (Å²) < 4.78 is 5.76. The maximum atomic E-state index is 10.7. The van der Waals surface area contributed by atoms with Crippen LogP contribution < -0.4 is 4.90 Å². The zero-order valence-electron chi connectivity index (χ0n) is 14.2. The lowest BCUT2D eigenvalue weighted by molar-refractivity contribution is -0.384. The Morgan fingerprint density at radius 2 is 1.92 bits per heavy atom. The van der Waals surface area contributed by atoms with Gasteiger partial charge in [-0.2, -0.15) is 0 Å². The highest BCUT2D eigenvalue weighted by molar-refractivity contribution is 7.98. The predicted octanol–water partition coefficient (Wildman–Crippen LogP) is 3.29. The van der Waals surface area contributed by atoms with Crippen LogP contribution in [-0.2, 0) is 10.5 Å². The molecule has 132 valence electrons. The van der Waals surface area contributed by atoms with Crippen LogP contribution in [0.15, 0.2) is 41.7 Å². The molecule has 0 aliphatic carbocycles. The van der Waals surface area contributed by atoms with Crippen molar-refractivity contribution < 1.29 is 9.66 Å². The molecule has 7 nitrogen and oxygen atoms in total. The molecule has 1 aliphatic rings. The molecule has 2 aromatic rings. The lowest BCUT2D eigenvalue weighted by atomic mass is 10.2. The van der Waals surface area contributed by atoms with Gasteiger partial charge in [-0.05, 0) is 19.4 Å². The summed E-state index contributed by atoms with van der Waals surface area (Å²) in [4.78, 5) is 21.2. The van der Waals surface area contributed by atoms with Crippen molar-refractivity contribution in [1.82, 2.24) is 9.97 Å². The summed E-state index contributed by atoms with van der Waals surface area (Å²) in [7, 11) is 0. The SMILES string of the molecule is CC1CN(c2cc(SCc3ccc([N+](=O)[O-])cc3)ncn2)CC(C)O1. The topological polar surface area (TPSA) is 81.4 Å². The van der Waals surface area contributed by atoms with Crippen molar-refractivity contribution in [2.45, 2.75) is 36.8 Å². The number of non-ortho nitro benzene ring substituents is 1. The first-order valence-electron chi connectivity index (χ1n) is 8.10. The van der Waals surface area contributed by atoms with Gasteiger partial charge in [0.15, 0.2) is 0 Å². The number of anilines is 1. The van der Waals surface area contributed by atoms with Gasteiger partial charge >= 0.3 is 0 Å². The lowest BCUT2D eigenvalue weighted by Gasteiger charge is -2.36. The van der Waals surface area contributed by atoms with Gasteiger partial charge in [-0.25, -0.2) is 9.97 Å². The van der Waals surface area contributed by atoms with Crippen molar-refractivity contribution in [2.75, 3.05) is 18.0 Å². The first-order valence-corrected chi connectivity index (χ1v) is 9.08. The molecule has 0 saturated carbocycles. The van der Waals surface area contributed by atoms with Gasteiger partial charge in [0.1, 0.15) is 17.2 Å². The van der Waals surface area contributed by atoms with E-state index in [9.17, 15) is 10.1 Å². The van der Waals surface area contributed by atoms with E-state index in [4.69, 9.17) is 4.74 Å². The average molecular weight is 360 g/mol. The second-order valence-electron chi connectivity index (χ2n) is 6.09. The maximum absolute atomic E-state index is 10.7. The van der Waals surface area contributed by atoms with Crippen molar-refractivity contribution >= 4 is 23.3 Å². The van der Waals surface area contributed by atoms with Crippen LogP contribution in [-0.4, -0.2) is 40.2 Å². The predicted molar refractivity (Wildman–Crippen MR) is 96.9 cm³/mol. The van der Waals surface area contributed by atoms with Crippen molar-refractivity contribution in [2.24, 2.45) is 0 Å². The van der Waals surface area contributed by atoms with E-state index in [1.54, 1.807) is 30.2 Å². The van der Waals surface area contributed by atoms with Gasteiger partial charge in [0.05, 0.1) is 17.1 Å². The summed E-state index contributed by atoms with van der Waals surface area (Å²) in [5, 5.41) is 11.6. The number of hydrogen-bond acceptors (Lipinski definition) is 7. The van der Waals surface area contributed by atoms with Crippen LogP contribution in [0.2, 0.25) is 0 Å². The van der Waals surface area contributed by atoms with E-state index in [0.29, 0.717) is 5.75 Å². The van der Waals surface area contributed by atoms with Gasteiger partial charge in [0, 0.05) is 37.0 Å². The van der Waals surface area contributed by atoms with E-state index in [1.807, 2.05) is 6.07 Å². The van der Waals surface area contributed by atoms with E-state index in [2.05, 4.69) is 28.7 Å². The van der Waals surface area contributed by atoms with Crippen molar-refractivity contribution in [1.29, 1.82) is 0 Å². The molecule has 2 unspecified atom stereocenters. The zero-order chi connectivity index (χ0) is 17.8. The first kappa shape index (κ1) is 17.6. The van der Waals surface area contributed by atoms with Gasteiger partial charge in [-0.1, -0.05) is 12.1 Å². The second kappa shape index (κ2) is 7.79. The fourth-order valence-corrected chi connectivity index (χ4v) is 3.64. The van der Waals surface area contributed by atoms with E-state index in [0.717, 1.165) is 29.5 Å². The molecular formula is C17H20N4O3S. The molecule has 0 amide bonds. The summed E-state index contributed by atoms with van der Waals surface area (Å²) in [6.45, 7) is 5.75. The highest BCUT2D eigenvalue weighted by Gasteiger charge is 2.23. The molecule has 0 radical (unpaired) electrons. The number of rotatable bonds is 5. The molecule has 0 bridgehead atoms. The average Bonchev–Trinajstić information content (AvgIpc) is 2.60. The molecule has 1 aromatic heterocycles. The minimum absolute atomic E-state index is 0.105. The number of ether oxygens (including phenoxy) is 1. The van der Waals surface area contributed by atoms with Crippen molar-refractivity contribution in [3.05, 3.63) is 52.3 Å². The molecule has 1 saturated heterocycles. The van der Waals surface area contributed by atoms with Crippen LogP contribution in [0.25, 0.3) is 0 Å². The largest absolute Gasteiger partial charge is 0.372 e. The number of nitro groups is 1. The maximum Gasteiger partial charge on any atom is 0.269 e. The molecule has 3 rings (SSSR count). The van der Waals surface area contributed by atoms with Crippen LogP contribution >= 0.6 is 11.8 Å². The molecule has 0 N–H and O–H groups in total. The first-order chi connectivity index (χ1) is 12.0. The quantitative estimate of drug-likeness (QED) is 0.350. The zero-order valence-corrected chi connectivity index (χ0v) is 15.0. The smallest absolute Gasteiger partial charge is 0.269 e. The van der Waals surface area contributed by atoms with Crippen LogP contribution in [0.5, 0.6) is 0 Å². The highest BCUT2D eigenvalue weighted by atomic mass is 32.2. The molecule has 1 aliphatic heterocycles. The Labute approximate surface area is 150 Å². The number of aromatic nitrogens is 2. The summed E-state index contributed by atoms with van der Waals surface area (Å²) in [5.41, 5.74) is 1.12. The van der Waals surface area contributed by atoms with Gasteiger partial charge in [0.2, 0.25) is 0 Å². The molecular weight excluding hydrogens is 340 g/mol. The van der Waals surface area contributed by atoms with Crippen molar-refractivity contribution in [3.8, 4) is 0 Å². The Morgan fingerprint density at radius 3 is 2.56 bits per heavy atom. The Bertz CT molecular complexity index is 731. The Morgan fingerprint density at radius 1 is 1.24 bits per heavy atom. The van der Waals surface area contributed by atoms with E-state index >= 15 is 0 Å². The van der Waals surface area contributed by atoms with Gasteiger partial charge in [-0.3, -0.25) is 10.1 Å². The van der Waals surface area contributed by atoms with Gasteiger partial charge < -0.3 is 9.64 Å². The van der Waals surface area contributed by atoms with Crippen molar-refractivity contribution in [3.63, 3.8) is 0 Å². The van der Waals surface area contributed by atoms with Gasteiger partial charge in [0.25, 0.3) is 5.69 Å². The second-order valence-corrected chi connectivity index (χ2v) is 7.08. The van der Waals surface area contributed by atoms with E-state index < -0.39 is 4.92 Å². The van der Waals surface area contributed by atoms with Crippen LogP contribution in [0.4, 0.5) is 11.5 Å². The number of thioether (sulfide) groups is 1. The third kappa shape index (κ3) is 4.67. The van der Waals surface area contributed by atoms with E-state index in [-0.39, 0.29) is 17.9 Å². The summed E-state index contributed by atoms with van der Waals surface area (Å²) >= 11 is 1.59. The normalized spacial score (nSPS) is 20.5. The molecule has 1 aromatic carbocycles. The minimum Gasteiger partial charge on any atom is -0.372 e. The standard InChI is InChI=1S/C17H20N4O3S/c1-12-8-20(9-13(2)24-12)16-7-17(19-11-18-16)25-10-14-3-5-15(6-4-14)21(22)23/h3-7,11-13H,8-10H2,1-2H3. The molecule has 8 heteroatoms. The Kier molecular flexibility index (Phi) is 5.50. The van der Waals surface area contributed by atoms with Gasteiger partial charge in [-0.15, -0.1) is 11.8 Å². The molecule has 0 spiro atoms. The monoisotopic (exact) mass is 360 g/mol. The number of benzene rings is 1. The lowest BCUT2D eigenvalue weighted by Crippen LogP contribution is -2.45. The molecule has 1 fully saturated rings. The Hall–Kier alpha value is -2.19. The van der Waals surface area contributed by atoms with Crippen LogP contribution in [0.1, 0.15) is 19.4 Å². The third-order valence-electron chi connectivity index (χ3n) is 3.91. The summed E-state index contributed by atoms with van der Waals surface area (Å²) in [6.07, 6.45) is 1.93. The summed E-state index contributed by atoms with van der Waals surface area (Å²) in [5.74, 6) is 1.60. The number of morpholine rings is 1. The molecule has 25 heavy (non-hydrogen) atoms. The number of nitrogens with zero attached hydrogens (tertiary/aromatic N) is 4. The Balaban J connectivity index is 1.64.